The molecule has 0 atom stereocenters. The van der Waals surface area contributed by atoms with E-state index in [4.69, 9.17) is 0 Å². The standard InChI is InChI=1S/C10H9BrOS/c1-2-6-7-3-4-13-10(7)8(11)5-9(6)12/h3-5,12H,2H2,1H3. The number of halogens is 1. The van der Waals surface area contributed by atoms with Gasteiger partial charge in [-0.3, -0.25) is 0 Å². The molecule has 0 aliphatic rings. The summed E-state index contributed by atoms with van der Waals surface area (Å²) in [5.41, 5.74) is 1.04. The maximum atomic E-state index is 9.68. The Bertz CT molecular complexity index is 447. The zero-order chi connectivity index (χ0) is 9.42. The van der Waals surface area contributed by atoms with Gasteiger partial charge in [-0.1, -0.05) is 6.92 Å². The predicted molar refractivity (Wildman–Crippen MR) is 60.6 cm³/mol. The summed E-state index contributed by atoms with van der Waals surface area (Å²) in [6.07, 6.45) is 0.867. The fourth-order valence-electron chi connectivity index (χ4n) is 1.51. The summed E-state index contributed by atoms with van der Waals surface area (Å²) in [6.45, 7) is 2.06. The molecule has 1 aromatic carbocycles. The van der Waals surface area contributed by atoms with Crippen LogP contribution in [0.1, 0.15) is 12.5 Å². The Kier molecular flexibility index (Phi) is 2.30. The predicted octanol–water partition coefficient (Wildman–Crippen LogP) is 3.93. The van der Waals surface area contributed by atoms with Gasteiger partial charge in [0, 0.05) is 20.1 Å². The number of aromatic hydroxyl groups is 1. The third kappa shape index (κ3) is 1.36. The van der Waals surface area contributed by atoms with Gasteiger partial charge in [-0.15, -0.1) is 11.3 Å². The fraction of sp³-hybridized carbons (Fsp3) is 0.200. The molecule has 1 aromatic heterocycles. The van der Waals surface area contributed by atoms with E-state index in [1.54, 1.807) is 17.4 Å². The van der Waals surface area contributed by atoms with E-state index < -0.39 is 0 Å². The lowest BCUT2D eigenvalue weighted by molar-refractivity contribution is 0.470. The second-order valence-corrected chi connectivity index (χ2v) is 4.64. The van der Waals surface area contributed by atoms with E-state index in [0.29, 0.717) is 5.75 Å². The first-order valence-corrected chi connectivity index (χ1v) is 5.79. The Morgan fingerprint density at radius 2 is 2.31 bits per heavy atom. The maximum Gasteiger partial charge on any atom is 0.120 e. The van der Waals surface area contributed by atoms with E-state index in [1.807, 2.05) is 5.38 Å². The van der Waals surface area contributed by atoms with Crippen molar-refractivity contribution in [2.24, 2.45) is 0 Å². The van der Waals surface area contributed by atoms with Crippen molar-refractivity contribution in [2.75, 3.05) is 0 Å². The summed E-state index contributed by atoms with van der Waals surface area (Å²) < 4.78 is 2.20. The number of benzene rings is 1. The third-order valence-corrected chi connectivity index (χ3v) is 3.97. The van der Waals surface area contributed by atoms with Crippen LogP contribution in [0.25, 0.3) is 10.1 Å². The van der Waals surface area contributed by atoms with Gasteiger partial charge in [0.25, 0.3) is 0 Å². The van der Waals surface area contributed by atoms with E-state index in [1.165, 1.54) is 10.1 Å². The molecule has 2 rings (SSSR count). The van der Waals surface area contributed by atoms with Gasteiger partial charge >= 0.3 is 0 Å². The van der Waals surface area contributed by atoms with Crippen LogP contribution in [0.15, 0.2) is 22.0 Å². The first kappa shape index (κ1) is 9.03. The molecule has 13 heavy (non-hydrogen) atoms. The van der Waals surface area contributed by atoms with Gasteiger partial charge in [0.1, 0.15) is 5.75 Å². The Morgan fingerprint density at radius 1 is 1.54 bits per heavy atom. The van der Waals surface area contributed by atoms with Crippen molar-refractivity contribution in [3.8, 4) is 5.75 Å². The molecule has 0 saturated carbocycles. The van der Waals surface area contributed by atoms with E-state index in [2.05, 4.69) is 28.9 Å². The lowest BCUT2D eigenvalue weighted by atomic mass is 10.1. The van der Waals surface area contributed by atoms with E-state index >= 15 is 0 Å². The minimum absolute atomic E-state index is 0.389. The summed E-state index contributed by atoms with van der Waals surface area (Å²) in [5, 5.41) is 12.9. The lowest BCUT2D eigenvalue weighted by Gasteiger charge is -2.04. The first-order valence-electron chi connectivity index (χ1n) is 4.11. The molecule has 0 unspecified atom stereocenters. The summed E-state index contributed by atoms with van der Waals surface area (Å²) in [6, 6.07) is 3.83. The Balaban J connectivity index is 2.88. The highest BCUT2D eigenvalue weighted by atomic mass is 79.9. The molecular weight excluding hydrogens is 248 g/mol. The highest BCUT2D eigenvalue weighted by Gasteiger charge is 2.09. The van der Waals surface area contributed by atoms with Crippen molar-refractivity contribution < 1.29 is 5.11 Å². The summed E-state index contributed by atoms with van der Waals surface area (Å²) in [5.74, 6) is 0.389. The number of thiophene rings is 1. The molecular formula is C10H9BrOS. The number of aryl methyl sites for hydroxylation is 1. The smallest absolute Gasteiger partial charge is 0.120 e. The van der Waals surface area contributed by atoms with Gasteiger partial charge < -0.3 is 5.11 Å². The second-order valence-electron chi connectivity index (χ2n) is 2.87. The SMILES string of the molecule is CCc1c(O)cc(Br)c2sccc12. The minimum Gasteiger partial charge on any atom is -0.508 e. The molecule has 1 nitrogen and oxygen atoms in total. The van der Waals surface area contributed by atoms with Gasteiger partial charge in [-0.25, -0.2) is 0 Å². The van der Waals surface area contributed by atoms with Crippen LogP contribution in [0.4, 0.5) is 0 Å². The number of hydrogen-bond donors (Lipinski definition) is 1. The van der Waals surface area contributed by atoms with Gasteiger partial charge in [0.15, 0.2) is 0 Å². The largest absolute Gasteiger partial charge is 0.508 e. The molecule has 0 fully saturated rings. The number of phenolic OH excluding ortho intramolecular Hbond substituents is 1. The zero-order valence-corrected chi connectivity index (χ0v) is 9.58. The quantitative estimate of drug-likeness (QED) is 0.820. The van der Waals surface area contributed by atoms with Crippen LogP contribution in [0.2, 0.25) is 0 Å². The maximum absolute atomic E-state index is 9.68. The number of fused-ring (bicyclic) bond motifs is 1. The van der Waals surface area contributed by atoms with Crippen LogP contribution >= 0.6 is 27.3 Å². The summed E-state index contributed by atoms with van der Waals surface area (Å²) in [4.78, 5) is 0. The average molecular weight is 257 g/mol. The van der Waals surface area contributed by atoms with Crippen molar-refractivity contribution in [3.63, 3.8) is 0 Å². The van der Waals surface area contributed by atoms with Gasteiger partial charge in [-0.2, -0.15) is 0 Å². The Hall–Kier alpha value is -0.540. The van der Waals surface area contributed by atoms with Crippen LogP contribution in [0, 0.1) is 0 Å². The molecule has 68 valence electrons. The van der Waals surface area contributed by atoms with Crippen molar-refractivity contribution >= 4 is 37.4 Å². The van der Waals surface area contributed by atoms with E-state index in [0.717, 1.165) is 16.5 Å². The van der Waals surface area contributed by atoms with E-state index in [9.17, 15) is 5.11 Å². The third-order valence-electron chi connectivity index (χ3n) is 2.13. The topological polar surface area (TPSA) is 20.2 Å². The zero-order valence-electron chi connectivity index (χ0n) is 7.17. The van der Waals surface area contributed by atoms with Gasteiger partial charge in [-0.05, 0) is 39.9 Å². The van der Waals surface area contributed by atoms with Crippen molar-refractivity contribution in [2.45, 2.75) is 13.3 Å². The molecule has 0 aliphatic heterocycles. The van der Waals surface area contributed by atoms with Crippen LogP contribution < -0.4 is 0 Å². The number of phenols is 1. The Morgan fingerprint density at radius 3 is 3.00 bits per heavy atom. The highest BCUT2D eigenvalue weighted by molar-refractivity contribution is 9.10. The lowest BCUT2D eigenvalue weighted by Crippen LogP contribution is -1.82. The molecule has 0 spiro atoms. The first-order chi connectivity index (χ1) is 6.24. The summed E-state index contributed by atoms with van der Waals surface area (Å²) >= 11 is 5.13. The molecule has 1 heterocycles. The van der Waals surface area contributed by atoms with Crippen LogP contribution in [-0.2, 0) is 6.42 Å². The normalized spacial score (nSPS) is 10.9. The van der Waals surface area contributed by atoms with Crippen molar-refractivity contribution in [1.82, 2.24) is 0 Å². The van der Waals surface area contributed by atoms with E-state index in [-0.39, 0.29) is 0 Å². The van der Waals surface area contributed by atoms with Gasteiger partial charge in [0.2, 0.25) is 0 Å². The second kappa shape index (κ2) is 3.31. The molecule has 3 heteroatoms. The van der Waals surface area contributed by atoms with Crippen LogP contribution in [0.5, 0.6) is 5.75 Å². The molecule has 0 saturated heterocycles. The fourth-order valence-corrected chi connectivity index (χ4v) is 3.05. The summed E-state index contributed by atoms with van der Waals surface area (Å²) in [7, 11) is 0. The minimum atomic E-state index is 0.389. The highest BCUT2D eigenvalue weighted by Crippen LogP contribution is 2.36. The number of hydrogen-bond acceptors (Lipinski definition) is 2. The molecule has 0 amide bonds. The van der Waals surface area contributed by atoms with Gasteiger partial charge in [0.05, 0.1) is 0 Å². The molecule has 0 radical (unpaired) electrons. The number of rotatable bonds is 1. The molecule has 0 bridgehead atoms. The molecule has 1 N–H and O–H groups in total. The Labute approximate surface area is 89.1 Å². The van der Waals surface area contributed by atoms with Crippen LogP contribution in [0.3, 0.4) is 0 Å². The monoisotopic (exact) mass is 256 g/mol. The van der Waals surface area contributed by atoms with Crippen molar-refractivity contribution in [3.05, 3.63) is 27.5 Å². The molecule has 2 aromatic rings. The van der Waals surface area contributed by atoms with Crippen molar-refractivity contribution in [1.29, 1.82) is 0 Å². The molecule has 0 aliphatic carbocycles. The van der Waals surface area contributed by atoms with Crippen LogP contribution in [-0.4, -0.2) is 5.11 Å². The average Bonchev–Trinajstić information content (AvgIpc) is 2.53.